The van der Waals surface area contributed by atoms with Crippen LogP contribution >= 0.6 is 11.6 Å². The molecule has 0 spiro atoms. The van der Waals surface area contributed by atoms with E-state index >= 15 is 0 Å². The van der Waals surface area contributed by atoms with Crippen LogP contribution < -0.4 is 0 Å². The molecule has 0 radical (unpaired) electrons. The molecule has 1 aliphatic heterocycles. The lowest BCUT2D eigenvalue weighted by Gasteiger charge is -2.34. The van der Waals surface area contributed by atoms with Gasteiger partial charge < -0.3 is 0 Å². The van der Waals surface area contributed by atoms with Gasteiger partial charge in [0.2, 0.25) is 10.0 Å². The van der Waals surface area contributed by atoms with Crippen LogP contribution in [0.25, 0.3) is 0 Å². The van der Waals surface area contributed by atoms with Crippen LogP contribution in [0.15, 0.2) is 54.6 Å². The highest BCUT2D eigenvalue weighted by molar-refractivity contribution is 7.88. The Morgan fingerprint density at radius 1 is 0.875 bits per heavy atom. The van der Waals surface area contributed by atoms with Crippen molar-refractivity contribution in [2.45, 2.75) is 12.3 Å². The molecule has 128 valence electrons. The van der Waals surface area contributed by atoms with E-state index in [9.17, 15) is 8.42 Å². The van der Waals surface area contributed by atoms with E-state index in [1.54, 1.807) is 4.31 Å². The van der Waals surface area contributed by atoms with Crippen LogP contribution in [-0.4, -0.2) is 43.8 Å². The zero-order valence-electron chi connectivity index (χ0n) is 13.4. The van der Waals surface area contributed by atoms with Crippen molar-refractivity contribution in [3.63, 3.8) is 0 Å². The molecular weight excluding hydrogens is 344 g/mol. The third-order valence-corrected chi connectivity index (χ3v) is 6.49. The molecule has 0 saturated carbocycles. The summed E-state index contributed by atoms with van der Waals surface area (Å²) in [5.41, 5.74) is 1.91. The highest BCUT2D eigenvalue weighted by Gasteiger charge is 2.27. The van der Waals surface area contributed by atoms with Gasteiger partial charge in [0, 0.05) is 37.7 Å². The summed E-state index contributed by atoms with van der Waals surface area (Å²) < 4.78 is 26.7. The van der Waals surface area contributed by atoms with Gasteiger partial charge in [0.1, 0.15) is 0 Å². The van der Waals surface area contributed by atoms with Crippen molar-refractivity contribution in [2.75, 3.05) is 26.2 Å². The second-order valence-electron chi connectivity index (χ2n) is 6.01. The van der Waals surface area contributed by atoms with Crippen molar-refractivity contribution in [1.29, 1.82) is 0 Å². The summed E-state index contributed by atoms with van der Waals surface area (Å²) in [7, 11) is -3.26. The molecule has 0 N–H and O–H groups in total. The number of hydrogen-bond acceptors (Lipinski definition) is 3. The molecule has 0 amide bonds. The highest BCUT2D eigenvalue weighted by atomic mass is 35.5. The number of halogens is 1. The summed E-state index contributed by atoms with van der Waals surface area (Å²) in [4.78, 5) is 2.25. The second-order valence-corrected chi connectivity index (χ2v) is 8.38. The van der Waals surface area contributed by atoms with Gasteiger partial charge >= 0.3 is 0 Å². The molecule has 0 unspecified atom stereocenters. The maximum Gasteiger partial charge on any atom is 0.218 e. The lowest BCUT2D eigenvalue weighted by Crippen LogP contribution is -2.48. The standard InChI is InChI=1S/C18H21ClN2O2S/c19-18-9-5-4-8-17(18)14-20-10-12-21(13-11-20)24(22,23)15-16-6-2-1-3-7-16/h1-9H,10-15H2. The van der Waals surface area contributed by atoms with E-state index in [4.69, 9.17) is 11.6 Å². The van der Waals surface area contributed by atoms with E-state index in [2.05, 4.69) is 4.90 Å². The van der Waals surface area contributed by atoms with E-state index in [-0.39, 0.29) is 5.75 Å². The summed E-state index contributed by atoms with van der Waals surface area (Å²) in [6.07, 6.45) is 0. The molecule has 6 heteroatoms. The monoisotopic (exact) mass is 364 g/mol. The van der Waals surface area contributed by atoms with Gasteiger partial charge in [0.25, 0.3) is 0 Å². The second kappa shape index (κ2) is 7.66. The smallest absolute Gasteiger partial charge is 0.218 e. The molecule has 24 heavy (non-hydrogen) atoms. The van der Waals surface area contributed by atoms with E-state index in [0.29, 0.717) is 13.1 Å². The minimum atomic E-state index is -3.26. The largest absolute Gasteiger partial charge is 0.296 e. The molecule has 0 bridgehead atoms. The maximum atomic E-state index is 12.6. The number of sulfonamides is 1. The van der Waals surface area contributed by atoms with Gasteiger partial charge in [0.05, 0.1) is 5.75 Å². The molecule has 0 aromatic heterocycles. The van der Waals surface area contributed by atoms with Crippen molar-refractivity contribution < 1.29 is 8.42 Å². The Bertz CT molecular complexity index is 773. The average Bonchev–Trinajstić information content (AvgIpc) is 2.58. The summed E-state index contributed by atoms with van der Waals surface area (Å²) in [5.74, 6) is 0.0678. The van der Waals surface area contributed by atoms with Crippen molar-refractivity contribution in [3.05, 3.63) is 70.7 Å². The maximum absolute atomic E-state index is 12.6. The Balaban J connectivity index is 1.57. The molecule has 1 saturated heterocycles. The van der Waals surface area contributed by atoms with Crippen LogP contribution in [0, 0.1) is 0 Å². The lowest BCUT2D eigenvalue weighted by atomic mass is 10.2. The predicted octanol–water partition coefficient (Wildman–Crippen LogP) is 2.99. The Labute approximate surface area is 148 Å². The zero-order valence-corrected chi connectivity index (χ0v) is 15.0. The molecule has 0 atom stereocenters. The molecule has 1 aliphatic rings. The molecule has 0 aliphatic carbocycles. The van der Waals surface area contributed by atoms with Crippen LogP contribution in [0.4, 0.5) is 0 Å². The van der Waals surface area contributed by atoms with E-state index in [1.807, 2.05) is 54.6 Å². The Morgan fingerprint density at radius 3 is 2.17 bits per heavy atom. The fourth-order valence-electron chi connectivity index (χ4n) is 2.91. The third-order valence-electron chi connectivity index (χ3n) is 4.27. The molecule has 1 fully saturated rings. The topological polar surface area (TPSA) is 40.6 Å². The first kappa shape index (κ1) is 17.4. The van der Waals surface area contributed by atoms with E-state index < -0.39 is 10.0 Å². The number of piperazine rings is 1. The van der Waals surface area contributed by atoms with Gasteiger partial charge in [-0.3, -0.25) is 4.90 Å². The van der Waals surface area contributed by atoms with E-state index in [0.717, 1.165) is 35.8 Å². The molecule has 4 nitrogen and oxygen atoms in total. The minimum absolute atomic E-state index is 0.0678. The Morgan fingerprint density at radius 2 is 1.50 bits per heavy atom. The first-order valence-corrected chi connectivity index (χ1v) is 10.0. The minimum Gasteiger partial charge on any atom is -0.296 e. The Hall–Kier alpha value is -1.40. The summed E-state index contributed by atoms with van der Waals surface area (Å²) >= 11 is 6.20. The fraction of sp³-hybridized carbons (Fsp3) is 0.333. The number of rotatable bonds is 5. The third kappa shape index (κ3) is 4.36. The van der Waals surface area contributed by atoms with Crippen molar-refractivity contribution in [2.24, 2.45) is 0 Å². The van der Waals surface area contributed by atoms with Gasteiger partial charge in [-0.25, -0.2) is 8.42 Å². The number of nitrogens with zero attached hydrogens (tertiary/aromatic N) is 2. The van der Waals surface area contributed by atoms with Crippen LogP contribution in [0.3, 0.4) is 0 Å². The number of benzene rings is 2. The molecule has 2 aromatic rings. The van der Waals surface area contributed by atoms with Crippen LogP contribution in [0.5, 0.6) is 0 Å². The first-order chi connectivity index (χ1) is 11.5. The zero-order chi connectivity index (χ0) is 17.0. The predicted molar refractivity (Wildman–Crippen MR) is 97.4 cm³/mol. The van der Waals surface area contributed by atoms with Gasteiger partial charge in [-0.1, -0.05) is 60.1 Å². The van der Waals surface area contributed by atoms with Crippen LogP contribution in [0.2, 0.25) is 5.02 Å². The summed E-state index contributed by atoms with van der Waals surface area (Å²) in [5, 5.41) is 0.761. The van der Waals surface area contributed by atoms with Gasteiger partial charge in [-0.05, 0) is 17.2 Å². The first-order valence-electron chi connectivity index (χ1n) is 8.02. The quantitative estimate of drug-likeness (QED) is 0.818. The molecule has 3 rings (SSSR count). The van der Waals surface area contributed by atoms with E-state index in [1.165, 1.54) is 0 Å². The molecule has 1 heterocycles. The van der Waals surface area contributed by atoms with Crippen molar-refractivity contribution >= 4 is 21.6 Å². The molecular formula is C18H21ClN2O2S. The highest BCUT2D eigenvalue weighted by Crippen LogP contribution is 2.19. The van der Waals surface area contributed by atoms with Gasteiger partial charge in [-0.15, -0.1) is 0 Å². The van der Waals surface area contributed by atoms with Crippen molar-refractivity contribution in [1.82, 2.24) is 9.21 Å². The average molecular weight is 365 g/mol. The molecule has 2 aromatic carbocycles. The van der Waals surface area contributed by atoms with Crippen LogP contribution in [0.1, 0.15) is 11.1 Å². The summed E-state index contributed by atoms with van der Waals surface area (Å²) in [6.45, 7) is 3.25. The number of hydrogen-bond donors (Lipinski definition) is 0. The lowest BCUT2D eigenvalue weighted by molar-refractivity contribution is 0.181. The summed E-state index contributed by atoms with van der Waals surface area (Å²) in [6, 6.07) is 17.1. The Kier molecular flexibility index (Phi) is 5.56. The van der Waals surface area contributed by atoms with Crippen molar-refractivity contribution in [3.8, 4) is 0 Å². The SMILES string of the molecule is O=S(=O)(Cc1ccccc1)N1CCN(Cc2ccccc2Cl)CC1. The normalized spacial score (nSPS) is 17.0. The fourth-order valence-corrected chi connectivity index (χ4v) is 4.62. The van der Waals surface area contributed by atoms with Gasteiger partial charge in [-0.2, -0.15) is 4.31 Å². The van der Waals surface area contributed by atoms with Crippen LogP contribution in [-0.2, 0) is 22.3 Å². The van der Waals surface area contributed by atoms with Gasteiger partial charge in [0.15, 0.2) is 0 Å².